The maximum Gasteiger partial charge on any atom is 0.317 e. The summed E-state index contributed by atoms with van der Waals surface area (Å²) in [6, 6.07) is 9.22. The van der Waals surface area contributed by atoms with Gasteiger partial charge < -0.3 is 10.2 Å². The van der Waals surface area contributed by atoms with Gasteiger partial charge >= 0.3 is 6.03 Å². The Kier molecular flexibility index (Phi) is 5.46. The first-order valence-electron chi connectivity index (χ1n) is 9.95. The van der Waals surface area contributed by atoms with Crippen LogP contribution in [0.3, 0.4) is 0 Å². The third-order valence-corrected chi connectivity index (χ3v) is 7.16. The largest absolute Gasteiger partial charge is 0.335 e. The van der Waals surface area contributed by atoms with Gasteiger partial charge in [0.05, 0.1) is 0 Å². The van der Waals surface area contributed by atoms with Crippen molar-refractivity contribution < 1.29 is 4.79 Å². The number of hydrogen-bond acceptors (Lipinski definition) is 3. The second-order valence-electron chi connectivity index (χ2n) is 7.69. The molecule has 0 radical (unpaired) electrons. The number of piperazine rings is 1. The quantitative estimate of drug-likeness (QED) is 0.870. The highest BCUT2D eigenvalue weighted by molar-refractivity contribution is 7.19. The number of hydrogen-bond donors (Lipinski definition) is 1. The molecule has 1 saturated carbocycles. The third kappa shape index (κ3) is 3.89. The van der Waals surface area contributed by atoms with E-state index in [-0.39, 0.29) is 6.03 Å². The van der Waals surface area contributed by atoms with Crippen molar-refractivity contribution in [2.24, 2.45) is 0 Å². The summed E-state index contributed by atoms with van der Waals surface area (Å²) < 4.78 is 1.38. The molecule has 2 fully saturated rings. The highest BCUT2D eigenvalue weighted by Crippen LogP contribution is 2.31. The number of aryl methyl sites for hydroxylation is 1. The number of carbonyl (C=O) groups excluding carboxylic acids is 1. The van der Waals surface area contributed by atoms with Gasteiger partial charge in [-0.15, -0.1) is 11.3 Å². The molecule has 2 heterocycles. The number of benzene rings is 1. The Morgan fingerprint density at radius 1 is 1.12 bits per heavy atom. The zero-order valence-electron chi connectivity index (χ0n) is 15.7. The first-order chi connectivity index (χ1) is 12.7. The fourth-order valence-corrected chi connectivity index (χ4v) is 5.45. The van der Waals surface area contributed by atoms with Crippen molar-refractivity contribution in [1.29, 1.82) is 0 Å². The predicted molar refractivity (Wildman–Crippen MR) is 109 cm³/mol. The summed E-state index contributed by atoms with van der Waals surface area (Å²) in [5.74, 6) is 0. The molecule has 0 atom stereocenters. The molecule has 2 aliphatic rings. The van der Waals surface area contributed by atoms with Crippen molar-refractivity contribution in [2.75, 3.05) is 26.2 Å². The van der Waals surface area contributed by atoms with Crippen LogP contribution in [-0.4, -0.2) is 48.1 Å². The Morgan fingerprint density at radius 2 is 1.85 bits per heavy atom. The lowest BCUT2D eigenvalue weighted by Crippen LogP contribution is -2.53. The van der Waals surface area contributed by atoms with E-state index in [1.54, 1.807) is 0 Å². The normalized spacial score (nSPS) is 19.8. The van der Waals surface area contributed by atoms with Crippen LogP contribution in [-0.2, 0) is 6.54 Å². The average Bonchev–Trinajstić information content (AvgIpc) is 2.99. The molecule has 1 aromatic carbocycles. The van der Waals surface area contributed by atoms with Gasteiger partial charge in [0, 0.05) is 48.3 Å². The van der Waals surface area contributed by atoms with Crippen LogP contribution in [0.25, 0.3) is 10.1 Å². The van der Waals surface area contributed by atoms with Crippen molar-refractivity contribution >= 4 is 27.5 Å². The van der Waals surface area contributed by atoms with Crippen LogP contribution in [0.4, 0.5) is 4.79 Å². The van der Waals surface area contributed by atoms with E-state index in [9.17, 15) is 4.79 Å². The van der Waals surface area contributed by atoms with E-state index in [0.29, 0.717) is 6.04 Å². The van der Waals surface area contributed by atoms with Crippen LogP contribution >= 0.6 is 11.3 Å². The zero-order valence-corrected chi connectivity index (χ0v) is 16.5. The smallest absolute Gasteiger partial charge is 0.317 e. The van der Waals surface area contributed by atoms with Crippen molar-refractivity contribution in [1.82, 2.24) is 15.1 Å². The lowest BCUT2D eigenvalue weighted by Gasteiger charge is -2.36. The molecule has 1 aliphatic heterocycles. The van der Waals surface area contributed by atoms with Gasteiger partial charge in [0.15, 0.2) is 0 Å². The summed E-state index contributed by atoms with van der Waals surface area (Å²) in [5, 5.41) is 4.64. The summed E-state index contributed by atoms with van der Waals surface area (Å²) in [5.41, 5.74) is 1.42. The minimum Gasteiger partial charge on any atom is -0.335 e. The molecule has 0 unspecified atom stereocenters. The molecule has 140 valence electrons. The molecule has 0 bridgehead atoms. The molecule has 2 amide bonds. The van der Waals surface area contributed by atoms with Crippen LogP contribution < -0.4 is 5.32 Å². The molecule has 1 saturated heterocycles. The molecule has 5 heteroatoms. The van der Waals surface area contributed by atoms with Gasteiger partial charge in [0.2, 0.25) is 0 Å². The number of urea groups is 1. The van der Waals surface area contributed by atoms with E-state index in [1.807, 2.05) is 16.2 Å². The number of thiophene rings is 1. The van der Waals surface area contributed by atoms with E-state index in [1.165, 1.54) is 39.8 Å². The van der Waals surface area contributed by atoms with Gasteiger partial charge in [-0.2, -0.15) is 0 Å². The van der Waals surface area contributed by atoms with Crippen LogP contribution in [0.1, 0.15) is 42.5 Å². The minimum absolute atomic E-state index is 0.148. The number of amides is 2. The fraction of sp³-hybridized carbons (Fsp3) is 0.571. The minimum atomic E-state index is 0.148. The van der Waals surface area contributed by atoms with E-state index in [2.05, 4.69) is 41.4 Å². The fourth-order valence-electron chi connectivity index (χ4n) is 4.20. The van der Waals surface area contributed by atoms with Gasteiger partial charge in [0.1, 0.15) is 0 Å². The second kappa shape index (κ2) is 7.97. The van der Waals surface area contributed by atoms with Gasteiger partial charge in [0.25, 0.3) is 0 Å². The van der Waals surface area contributed by atoms with E-state index < -0.39 is 0 Å². The molecule has 1 aliphatic carbocycles. The first kappa shape index (κ1) is 17.8. The molecular formula is C21H29N3OS. The Hall–Kier alpha value is -1.59. The molecule has 2 aromatic rings. The molecule has 1 N–H and O–H groups in total. The van der Waals surface area contributed by atoms with Crippen LogP contribution in [0.5, 0.6) is 0 Å². The number of nitrogens with one attached hydrogen (secondary N) is 1. The van der Waals surface area contributed by atoms with Gasteiger partial charge in [-0.05, 0) is 36.8 Å². The molecule has 4 rings (SSSR count). The maximum absolute atomic E-state index is 12.5. The van der Waals surface area contributed by atoms with Crippen LogP contribution in [0.15, 0.2) is 24.3 Å². The molecular weight excluding hydrogens is 342 g/mol. The Morgan fingerprint density at radius 3 is 2.58 bits per heavy atom. The monoisotopic (exact) mass is 371 g/mol. The summed E-state index contributed by atoms with van der Waals surface area (Å²) in [6.07, 6.45) is 6.14. The number of rotatable bonds is 3. The van der Waals surface area contributed by atoms with Crippen molar-refractivity contribution in [2.45, 2.75) is 51.6 Å². The Labute approximate surface area is 160 Å². The van der Waals surface area contributed by atoms with Crippen LogP contribution in [0, 0.1) is 6.92 Å². The SMILES string of the molecule is Cc1c(CN2CCN(C(=O)NC3CCCCC3)CC2)sc2ccccc12. The van der Waals surface area contributed by atoms with Gasteiger partial charge in [-0.25, -0.2) is 4.79 Å². The lowest BCUT2D eigenvalue weighted by atomic mass is 9.96. The summed E-state index contributed by atoms with van der Waals surface area (Å²) in [4.78, 5) is 18.5. The molecule has 26 heavy (non-hydrogen) atoms. The molecule has 4 nitrogen and oxygen atoms in total. The van der Waals surface area contributed by atoms with Gasteiger partial charge in [-0.3, -0.25) is 4.90 Å². The molecule has 1 aromatic heterocycles. The standard InChI is InChI=1S/C21H29N3OS/c1-16-18-9-5-6-10-19(18)26-20(16)15-23-11-13-24(14-12-23)21(25)22-17-7-3-2-4-8-17/h5-6,9-10,17H,2-4,7-8,11-15H2,1H3,(H,22,25). The highest BCUT2D eigenvalue weighted by Gasteiger charge is 2.24. The summed E-state index contributed by atoms with van der Waals surface area (Å²) >= 11 is 1.91. The Balaban J connectivity index is 1.30. The average molecular weight is 372 g/mol. The van der Waals surface area contributed by atoms with Gasteiger partial charge in [-0.1, -0.05) is 37.5 Å². The zero-order chi connectivity index (χ0) is 17.9. The van der Waals surface area contributed by atoms with Crippen molar-refractivity contribution in [3.63, 3.8) is 0 Å². The maximum atomic E-state index is 12.5. The third-order valence-electron chi connectivity index (χ3n) is 5.90. The van der Waals surface area contributed by atoms with E-state index >= 15 is 0 Å². The summed E-state index contributed by atoms with van der Waals surface area (Å²) in [7, 11) is 0. The topological polar surface area (TPSA) is 35.6 Å². The van der Waals surface area contributed by atoms with Crippen LogP contribution in [0.2, 0.25) is 0 Å². The van der Waals surface area contributed by atoms with E-state index in [4.69, 9.17) is 0 Å². The van der Waals surface area contributed by atoms with E-state index in [0.717, 1.165) is 45.6 Å². The number of fused-ring (bicyclic) bond motifs is 1. The molecule has 0 spiro atoms. The summed E-state index contributed by atoms with van der Waals surface area (Å²) in [6.45, 7) is 6.84. The van der Waals surface area contributed by atoms with Crippen molar-refractivity contribution in [3.8, 4) is 0 Å². The first-order valence-corrected chi connectivity index (χ1v) is 10.8. The predicted octanol–water partition coefficient (Wildman–Crippen LogP) is 4.37. The lowest BCUT2D eigenvalue weighted by molar-refractivity contribution is 0.132. The highest BCUT2D eigenvalue weighted by atomic mass is 32.1. The number of carbonyl (C=O) groups is 1. The van der Waals surface area contributed by atoms with Crippen molar-refractivity contribution in [3.05, 3.63) is 34.7 Å². The Bertz CT molecular complexity index is 758. The second-order valence-corrected chi connectivity index (χ2v) is 8.83. The number of nitrogens with zero attached hydrogens (tertiary/aromatic N) is 2.